The maximum Gasteiger partial charge on any atom is 0.109 e. The van der Waals surface area contributed by atoms with Gasteiger partial charge in [-0.2, -0.15) is 5.10 Å². The Balaban J connectivity index is 1.13. The number of hydrazone groups is 1. The van der Waals surface area contributed by atoms with E-state index in [0.29, 0.717) is 11.4 Å². The number of hydrogen-bond donors (Lipinski definition) is 2. The Kier molecular flexibility index (Phi) is 7.81. The van der Waals surface area contributed by atoms with Crippen LogP contribution in [-0.2, 0) is 5.41 Å². The van der Waals surface area contributed by atoms with Crippen LogP contribution in [0.5, 0.6) is 0 Å². The van der Waals surface area contributed by atoms with E-state index in [2.05, 4.69) is 185 Å². The average Bonchev–Trinajstić information content (AvgIpc) is 3.55. The second-order valence-electron chi connectivity index (χ2n) is 14.0. The van der Waals surface area contributed by atoms with Gasteiger partial charge in [-0.05, 0) is 104 Å². The van der Waals surface area contributed by atoms with E-state index in [1.807, 2.05) is 36.4 Å². The van der Waals surface area contributed by atoms with Crippen LogP contribution in [0, 0.1) is 5.41 Å². The van der Waals surface area contributed by atoms with Crippen LogP contribution in [0.1, 0.15) is 33.4 Å². The third kappa shape index (κ3) is 5.30. The van der Waals surface area contributed by atoms with Gasteiger partial charge in [0, 0.05) is 22.6 Å². The zero-order valence-corrected chi connectivity index (χ0v) is 30.0. The van der Waals surface area contributed by atoms with E-state index < -0.39 is 5.41 Å². The van der Waals surface area contributed by atoms with Gasteiger partial charge in [0.15, 0.2) is 0 Å². The molecule has 2 N–H and O–H groups in total. The standard InChI is InChI=1S/C51H36N4/c52-50-48(54-53-39-19-9-3-10-20-39)32-27-35-25-26-36-33-41(28-30-43(36)49(35)50)55(40-21-11-4-12-22-40)42-29-31-45-44-23-13-14-24-46(44)51(47(45)34-42,37-15-5-1-6-16-37)38-17-7-2-8-18-38/h1-34,52-53H/b52-50?,54-48-. The highest BCUT2D eigenvalue weighted by Gasteiger charge is 2.46. The highest BCUT2D eigenvalue weighted by molar-refractivity contribution is 6.55. The van der Waals surface area contributed by atoms with E-state index in [-0.39, 0.29) is 0 Å². The van der Waals surface area contributed by atoms with Gasteiger partial charge in [-0.1, -0.05) is 152 Å². The van der Waals surface area contributed by atoms with Crippen molar-refractivity contribution < 1.29 is 0 Å². The van der Waals surface area contributed by atoms with Gasteiger partial charge in [0.1, 0.15) is 5.71 Å². The van der Waals surface area contributed by atoms with Crippen molar-refractivity contribution in [1.82, 2.24) is 0 Å². The number of nitrogens with zero attached hydrogens (tertiary/aromatic N) is 2. The van der Waals surface area contributed by atoms with Crippen LogP contribution in [0.3, 0.4) is 0 Å². The lowest BCUT2D eigenvalue weighted by atomic mass is 9.67. The van der Waals surface area contributed by atoms with Gasteiger partial charge in [0.25, 0.3) is 0 Å². The first-order valence-corrected chi connectivity index (χ1v) is 18.6. The van der Waals surface area contributed by atoms with Crippen molar-refractivity contribution in [3.05, 3.63) is 234 Å². The molecule has 2 aliphatic carbocycles. The maximum atomic E-state index is 9.26. The molecule has 0 aromatic heterocycles. The quantitative estimate of drug-likeness (QED) is 0.162. The molecule has 8 aromatic carbocycles. The van der Waals surface area contributed by atoms with E-state index in [0.717, 1.165) is 44.6 Å². The summed E-state index contributed by atoms with van der Waals surface area (Å²) < 4.78 is 0. The largest absolute Gasteiger partial charge is 0.310 e. The number of hydrogen-bond acceptors (Lipinski definition) is 4. The van der Waals surface area contributed by atoms with Gasteiger partial charge in [-0.3, -0.25) is 10.8 Å². The Morgan fingerprint density at radius 1 is 0.491 bits per heavy atom. The number of rotatable bonds is 7. The second-order valence-corrected chi connectivity index (χ2v) is 14.0. The summed E-state index contributed by atoms with van der Waals surface area (Å²) in [6, 6.07) is 69.0. The molecule has 4 nitrogen and oxygen atoms in total. The number of para-hydroxylation sites is 2. The number of anilines is 4. The fourth-order valence-corrected chi connectivity index (χ4v) is 8.60. The maximum absolute atomic E-state index is 9.26. The van der Waals surface area contributed by atoms with Gasteiger partial charge in [-0.15, -0.1) is 0 Å². The lowest BCUT2D eigenvalue weighted by Crippen LogP contribution is -2.28. The van der Waals surface area contributed by atoms with E-state index in [4.69, 9.17) is 0 Å². The number of nitrogens with one attached hydrogen (secondary N) is 2. The zero-order chi connectivity index (χ0) is 36.8. The number of allylic oxidation sites excluding steroid dienone is 1. The molecule has 0 bridgehead atoms. The molecule has 0 radical (unpaired) electrons. The molecule has 0 saturated heterocycles. The molecule has 0 atom stereocenters. The Bertz CT molecular complexity index is 2750. The second kappa shape index (κ2) is 13.3. The highest BCUT2D eigenvalue weighted by Crippen LogP contribution is 2.57. The van der Waals surface area contributed by atoms with Crippen LogP contribution in [0.25, 0.3) is 28.0 Å². The predicted octanol–water partition coefficient (Wildman–Crippen LogP) is 12.5. The van der Waals surface area contributed by atoms with Crippen LogP contribution >= 0.6 is 0 Å². The van der Waals surface area contributed by atoms with Gasteiger partial charge in [0.05, 0.1) is 16.8 Å². The molecule has 8 aromatic rings. The summed E-state index contributed by atoms with van der Waals surface area (Å²) in [6.07, 6.45) is 3.96. The molecule has 0 spiro atoms. The molecule has 0 aliphatic heterocycles. The van der Waals surface area contributed by atoms with E-state index in [9.17, 15) is 5.41 Å². The van der Waals surface area contributed by atoms with Crippen molar-refractivity contribution in [2.75, 3.05) is 10.3 Å². The topological polar surface area (TPSA) is 51.5 Å². The first-order valence-electron chi connectivity index (χ1n) is 18.6. The average molecular weight is 705 g/mol. The van der Waals surface area contributed by atoms with Crippen molar-refractivity contribution in [2.24, 2.45) is 5.10 Å². The first kappa shape index (κ1) is 32.4. The molecule has 0 unspecified atom stereocenters. The highest BCUT2D eigenvalue weighted by atomic mass is 15.3. The molecule has 0 fully saturated rings. The van der Waals surface area contributed by atoms with E-state index in [1.54, 1.807) is 0 Å². The molecule has 0 heterocycles. The summed E-state index contributed by atoms with van der Waals surface area (Å²) in [5.74, 6) is 0. The summed E-state index contributed by atoms with van der Waals surface area (Å²) in [4.78, 5) is 2.35. The summed E-state index contributed by atoms with van der Waals surface area (Å²) in [5, 5.41) is 15.9. The molecular weight excluding hydrogens is 669 g/mol. The third-order valence-electron chi connectivity index (χ3n) is 11.0. The van der Waals surface area contributed by atoms with Crippen LogP contribution in [-0.4, -0.2) is 11.4 Å². The SMILES string of the molecule is N=C1/C(=N\Nc2ccccc2)C=Cc2ccc3cc(N(c4ccccc4)c4ccc5c(c4)C(c4ccccc4)(c4ccccc4)c4ccccc4-5)ccc3c21. The normalized spacial score (nSPS) is 14.3. The summed E-state index contributed by atoms with van der Waals surface area (Å²) in [5.41, 5.74) is 17.1. The van der Waals surface area contributed by atoms with Crippen LogP contribution in [0.2, 0.25) is 0 Å². The van der Waals surface area contributed by atoms with Gasteiger partial charge in [-0.25, -0.2) is 0 Å². The minimum atomic E-state index is -0.502. The van der Waals surface area contributed by atoms with Crippen LogP contribution < -0.4 is 10.3 Å². The summed E-state index contributed by atoms with van der Waals surface area (Å²) in [6.45, 7) is 0. The molecule has 4 heteroatoms. The Morgan fingerprint density at radius 3 is 1.82 bits per heavy atom. The number of fused-ring (bicyclic) bond motifs is 6. The lowest BCUT2D eigenvalue weighted by Gasteiger charge is -2.35. The molecule has 0 saturated carbocycles. The van der Waals surface area contributed by atoms with Crippen molar-refractivity contribution in [1.29, 1.82) is 5.41 Å². The van der Waals surface area contributed by atoms with Gasteiger partial charge in [0.2, 0.25) is 0 Å². The fraction of sp³-hybridized carbons (Fsp3) is 0.0196. The Hall–Kier alpha value is -7.30. The smallest absolute Gasteiger partial charge is 0.109 e. The lowest BCUT2D eigenvalue weighted by molar-refractivity contribution is 0.768. The molecule has 260 valence electrons. The minimum absolute atomic E-state index is 0.399. The predicted molar refractivity (Wildman–Crippen MR) is 229 cm³/mol. The molecular formula is C51H36N4. The van der Waals surface area contributed by atoms with Gasteiger partial charge >= 0.3 is 0 Å². The molecule has 2 aliphatic rings. The Morgan fingerprint density at radius 2 is 1.09 bits per heavy atom. The van der Waals surface area contributed by atoms with Crippen molar-refractivity contribution in [3.8, 4) is 11.1 Å². The van der Waals surface area contributed by atoms with Crippen molar-refractivity contribution in [2.45, 2.75) is 5.41 Å². The third-order valence-corrected chi connectivity index (χ3v) is 11.0. The molecule has 55 heavy (non-hydrogen) atoms. The summed E-state index contributed by atoms with van der Waals surface area (Å²) >= 11 is 0. The zero-order valence-electron chi connectivity index (χ0n) is 30.0. The molecule has 10 rings (SSSR count). The van der Waals surface area contributed by atoms with Crippen molar-refractivity contribution >= 4 is 51.0 Å². The Labute approximate surface area is 320 Å². The van der Waals surface area contributed by atoms with Crippen LogP contribution in [0.4, 0.5) is 22.7 Å². The van der Waals surface area contributed by atoms with Crippen molar-refractivity contribution in [3.63, 3.8) is 0 Å². The van der Waals surface area contributed by atoms with E-state index in [1.165, 1.54) is 33.4 Å². The monoisotopic (exact) mass is 704 g/mol. The van der Waals surface area contributed by atoms with Crippen LogP contribution in [0.15, 0.2) is 205 Å². The molecule has 0 amide bonds. The van der Waals surface area contributed by atoms with E-state index >= 15 is 0 Å². The van der Waals surface area contributed by atoms with Gasteiger partial charge < -0.3 is 4.90 Å². The first-order chi connectivity index (χ1) is 27.2. The fourth-order valence-electron chi connectivity index (χ4n) is 8.60. The number of benzene rings is 8. The minimum Gasteiger partial charge on any atom is -0.310 e. The summed E-state index contributed by atoms with van der Waals surface area (Å²) in [7, 11) is 0.